The molecule has 0 aromatic carbocycles. The number of carbonyl (C=O) groups is 1. The fourth-order valence-electron chi connectivity index (χ4n) is 1.08. The average Bonchev–Trinajstić information content (AvgIpc) is 2.71. The van der Waals surface area contributed by atoms with Crippen LogP contribution in [0.25, 0.3) is 11.4 Å². The number of carboxylic acids is 1. The highest BCUT2D eigenvalue weighted by molar-refractivity contribution is 5.85. The van der Waals surface area contributed by atoms with E-state index in [4.69, 9.17) is 5.11 Å². The summed E-state index contributed by atoms with van der Waals surface area (Å²) in [4.78, 5) is 21.2. The number of nitrogens with one attached hydrogen (secondary N) is 1. The largest absolute Gasteiger partial charge is 0.477 e. The molecule has 0 aliphatic heterocycles. The van der Waals surface area contributed by atoms with Gasteiger partial charge in [0.05, 0.1) is 0 Å². The van der Waals surface area contributed by atoms with E-state index in [0.29, 0.717) is 5.82 Å². The van der Waals surface area contributed by atoms with Gasteiger partial charge < -0.3 is 10.1 Å². The van der Waals surface area contributed by atoms with Crippen molar-refractivity contribution in [3.05, 3.63) is 36.4 Å². The minimum atomic E-state index is -1.03. The topological polar surface area (TPSA) is 78.9 Å². The normalized spacial score (nSPS) is 10.0. The lowest BCUT2D eigenvalue weighted by molar-refractivity contribution is 0.0690. The summed E-state index contributed by atoms with van der Waals surface area (Å²) >= 11 is 0. The lowest BCUT2D eigenvalue weighted by atomic mass is 10.2. The molecule has 0 amide bonds. The van der Waals surface area contributed by atoms with Crippen LogP contribution in [0.3, 0.4) is 0 Å². The van der Waals surface area contributed by atoms with Gasteiger partial charge in [-0.25, -0.2) is 14.8 Å². The zero-order valence-corrected chi connectivity index (χ0v) is 7.14. The molecule has 0 saturated heterocycles. The summed E-state index contributed by atoms with van der Waals surface area (Å²) in [6.07, 6.45) is 4.79. The minimum Gasteiger partial charge on any atom is -0.477 e. The van der Waals surface area contributed by atoms with Crippen molar-refractivity contribution in [2.75, 3.05) is 0 Å². The number of aromatic carboxylic acids is 1. The Bertz CT molecular complexity index is 434. The first-order chi connectivity index (χ1) is 6.77. The lowest BCUT2D eigenvalue weighted by Gasteiger charge is -1.96. The highest BCUT2D eigenvalue weighted by Crippen LogP contribution is 2.12. The molecule has 0 aliphatic carbocycles. The molecular formula is C9H7N3O2. The molecule has 0 aliphatic rings. The maximum Gasteiger partial charge on any atom is 0.354 e. The molecule has 0 bridgehead atoms. The number of imidazole rings is 1. The first-order valence-corrected chi connectivity index (χ1v) is 3.96. The number of pyridine rings is 1. The fourth-order valence-corrected chi connectivity index (χ4v) is 1.08. The average molecular weight is 189 g/mol. The van der Waals surface area contributed by atoms with Crippen molar-refractivity contribution < 1.29 is 9.90 Å². The minimum absolute atomic E-state index is 0.0281. The molecule has 14 heavy (non-hydrogen) atoms. The second-order valence-electron chi connectivity index (χ2n) is 2.68. The van der Waals surface area contributed by atoms with Gasteiger partial charge in [-0.15, -0.1) is 0 Å². The van der Waals surface area contributed by atoms with Gasteiger partial charge in [-0.2, -0.15) is 0 Å². The van der Waals surface area contributed by atoms with Crippen LogP contribution in [-0.2, 0) is 0 Å². The van der Waals surface area contributed by atoms with Crippen molar-refractivity contribution in [2.45, 2.75) is 0 Å². The monoisotopic (exact) mass is 189 g/mol. The molecule has 2 aromatic rings. The summed E-state index contributed by atoms with van der Waals surface area (Å²) in [7, 11) is 0. The van der Waals surface area contributed by atoms with Gasteiger partial charge in [-0.1, -0.05) is 0 Å². The Labute approximate surface area is 79.5 Å². The van der Waals surface area contributed by atoms with Crippen LogP contribution in [0, 0.1) is 0 Å². The van der Waals surface area contributed by atoms with Gasteiger partial charge in [0.1, 0.15) is 11.5 Å². The van der Waals surface area contributed by atoms with E-state index in [-0.39, 0.29) is 5.69 Å². The Morgan fingerprint density at radius 1 is 1.36 bits per heavy atom. The van der Waals surface area contributed by atoms with Crippen molar-refractivity contribution in [1.82, 2.24) is 15.0 Å². The Kier molecular flexibility index (Phi) is 1.98. The number of H-pyrrole nitrogens is 1. The standard InChI is InChI=1S/C9H7N3O2/c13-9(14)7-2-1-6(5-12-7)8-10-3-4-11-8/h1-5H,(H,10,11)(H,13,14). The van der Waals surface area contributed by atoms with E-state index < -0.39 is 5.97 Å². The maximum absolute atomic E-state index is 10.5. The summed E-state index contributed by atoms with van der Waals surface area (Å²) in [5, 5.41) is 8.62. The molecular weight excluding hydrogens is 182 g/mol. The maximum atomic E-state index is 10.5. The molecule has 5 nitrogen and oxygen atoms in total. The van der Waals surface area contributed by atoms with Crippen molar-refractivity contribution in [3.63, 3.8) is 0 Å². The molecule has 2 rings (SSSR count). The number of hydrogen-bond acceptors (Lipinski definition) is 3. The predicted octanol–water partition coefficient (Wildman–Crippen LogP) is 1.17. The molecule has 2 N–H and O–H groups in total. The molecule has 0 radical (unpaired) electrons. The lowest BCUT2D eigenvalue weighted by Crippen LogP contribution is -1.99. The van der Waals surface area contributed by atoms with Crippen molar-refractivity contribution in [2.24, 2.45) is 0 Å². The number of nitrogens with zero attached hydrogens (tertiary/aromatic N) is 2. The third-order valence-corrected chi connectivity index (χ3v) is 1.75. The number of aromatic amines is 1. The summed E-state index contributed by atoms with van der Waals surface area (Å²) in [5.41, 5.74) is 0.792. The summed E-state index contributed by atoms with van der Waals surface area (Å²) in [6.45, 7) is 0. The predicted molar refractivity (Wildman–Crippen MR) is 48.8 cm³/mol. The molecule has 2 heterocycles. The summed E-state index contributed by atoms with van der Waals surface area (Å²) in [6, 6.07) is 3.11. The summed E-state index contributed by atoms with van der Waals surface area (Å²) < 4.78 is 0. The van der Waals surface area contributed by atoms with Crippen molar-refractivity contribution in [1.29, 1.82) is 0 Å². The van der Waals surface area contributed by atoms with E-state index in [1.807, 2.05) is 0 Å². The van der Waals surface area contributed by atoms with Crippen LogP contribution < -0.4 is 0 Å². The number of aromatic nitrogens is 3. The van der Waals surface area contributed by atoms with E-state index in [0.717, 1.165) is 5.56 Å². The molecule has 0 spiro atoms. The molecule has 5 heteroatoms. The molecule has 0 unspecified atom stereocenters. The molecule has 0 atom stereocenters. The molecule has 0 saturated carbocycles. The Morgan fingerprint density at radius 2 is 2.21 bits per heavy atom. The van der Waals surface area contributed by atoms with Crippen LogP contribution in [0.2, 0.25) is 0 Å². The third-order valence-electron chi connectivity index (χ3n) is 1.75. The van der Waals surface area contributed by atoms with Gasteiger partial charge in [0.2, 0.25) is 0 Å². The second kappa shape index (κ2) is 3.29. The Morgan fingerprint density at radius 3 is 2.71 bits per heavy atom. The van der Waals surface area contributed by atoms with Crippen LogP contribution in [0.5, 0.6) is 0 Å². The van der Waals surface area contributed by atoms with Gasteiger partial charge in [0, 0.05) is 24.2 Å². The smallest absolute Gasteiger partial charge is 0.354 e. The van der Waals surface area contributed by atoms with Gasteiger partial charge in [0.15, 0.2) is 0 Å². The van der Waals surface area contributed by atoms with Gasteiger partial charge in [-0.3, -0.25) is 0 Å². The van der Waals surface area contributed by atoms with Crippen LogP contribution >= 0.6 is 0 Å². The van der Waals surface area contributed by atoms with E-state index in [9.17, 15) is 4.79 Å². The second-order valence-corrected chi connectivity index (χ2v) is 2.68. The van der Waals surface area contributed by atoms with E-state index in [1.165, 1.54) is 12.3 Å². The quantitative estimate of drug-likeness (QED) is 0.743. The highest BCUT2D eigenvalue weighted by atomic mass is 16.4. The highest BCUT2D eigenvalue weighted by Gasteiger charge is 2.05. The van der Waals surface area contributed by atoms with Crippen molar-refractivity contribution >= 4 is 5.97 Å². The first-order valence-electron chi connectivity index (χ1n) is 3.96. The molecule has 2 aromatic heterocycles. The van der Waals surface area contributed by atoms with E-state index in [2.05, 4.69) is 15.0 Å². The van der Waals surface area contributed by atoms with E-state index >= 15 is 0 Å². The van der Waals surface area contributed by atoms with Crippen LogP contribution in [0.1, 0.15) is 10.5 Å². The first kappa shape index (κ1) is 8.43. The van der Waals surface area contributed by atoms with E-state index in [1.54, 1.807) is 18.5 Å². The summed E-state index contributed by atoms with van der Waals surface area (Å²) in [5.74, 6) is -0.356. The molecule has 70 valence electrons. The number of carboxylic acid groups (broad SMARTS) is 1. The number of rotatable bonds is 2. The molecule has 0 fully saturated rings. The fraction of sp³-hybridized carbons (Fsp3) is 0. The third kappa shape index (κ3) is 1.47. The van der Waals surface area contributed by atoms with Crippen LogP contribution in [0.4, 0.5) is 0 Å². The zero-order chi connectivity index (χ0) is 9.97. The van der Waals surface area contributed by atoms with Gasteiger partial charge in [0.25, 0.3) is 0 Å². The Balaban J connectivity index is 2.36. The van der Waals surface area contributed by atoms with Crippen molar-refractivity contribution in [3.8, 4) is 11.4 Å². The zero-order valence-electron chi connectivity index (χ0n) is 7.14. The van der Waals surface area contributed by atoms with Gasteiger partial charge in [-0.05, 0) is 12.1 Å². The SMILES string of the molecule is O=C(O)c1ccc(-c2ncc[nH]2)cn1. The number of hydrogen-bond donors (Lipinski definition) is 2. The van der Waals surface area contributed by atoms with Crippen LogP contribution in [-0.4, -0.2) is 26.0 Å². The van der Waals surface area contributed by atoms with Crippen LogP contribution in [0.15, 0.2) is 30.7 Å². The van der Waals surface area contributed by atoms with Gasteiger partial charge >= 0.3 is 5.97 Å². The Hall–Kier alpha value is -2.17.